The quantitative estimate of drug-likeness (QED) is 0.717. The van der Waals surface area contributed by atoms with Gasteiger partial charge in [-0.1, -0.05) is 36.0 Å². The van der Waals surface area contributed by atoms with Gasteiger partial charge in [0, 0.05) is 18.0 Å². The van der Waals surface area contributed by atoms with Crippen LogP contribution in [0, 0.1) is 11.3 Å². The summed E-state index contributed by atoms with van der Waals surface area (Å²) in [4.78, 5) is 16.9. The van der Waals surface area contributed by atoms with Gasteiger partial charge in [-0.3, -0.25) is 9.69 Å². The fraction of sp³-hybridized carbons (Fsp3) is 0.304. The lowest BCUT2D eigenvalue weighted by atomic mass is 9.86. The summed E-state index contributed by atoms with van der Waals surface area (Å²) in [6.45, 7) is 2.91. The summed E-state index contributed by atoms with van der Waals surface area (Å²) in [7, 11) is 1.59. The van der Waals surface area contributed by atoms with Crippen molar-refractivity contribution in [3.63, 3.8) is 0 Å². The van der Waals surface area contributed by atoms with E-state index in [1.807, 2.05) is 55.5 Å². The molecule has 154 valence electrons. The van der Waals surface area contributed by atoms with E-state index in [0.29, 0.717) is 36.2 Å². The SMILES string of the molecule is CCOc1ccc([C@H]2CC(=O)N3CN(c4ccccc4)CSC3=C2C#N)cc1OC. The molecular weight excluding hydrogens is 398 g/mol. The van der Waals surface area contributed by atoms with Crippen LogP contribution < -0.4 is 14.4 Å². The maximum atomic E-state index is 13.1. The Kier molecular flexibility index (Phi) is 5.86. The highest BCUT2D eigenvalue weighted by Gasteiger charge is 2.38. The van der Waals surface area contributed by atoms with Crippen molar-refractivity contribution in [2.75, 3.05) is 31.2 Å². The summed E-state index contributed by atoms with van der Waals surface area (Å²) in [5, 5.41) is 10.7. The second kappa shape index (κ2) is 8.72. The molecule has 30 heavy (non-hydrogen) atoms. The van der Waals surface area contributed by atoms with Crippen LogP contribution in [0.1, 0.15) is 24.8 Å². The van der Waals surface area contributed by atoms with Crippen LogP contribution in [0.25, 0.3) is 0 Å². The Bertz CT molecular complexity index is 1020. The molecule has 0 aromatic heterocycles. The highest BCUT2D eigenvalue weighted by molar-refractivity contribution is 8.03. The largest absolute Gasteiger partial charge is 0.493 e. The van der Waals surface area contributed by atoms with Crippen molar-refractivity contribution < 1.29 is 14.3 Å². The van der Waals surface area contributed by atoms with E-state index in [-0.39, 0.29) is 18.2 Å². The normalized spacial score (nSPS) is 18.7. The Hall–Kier alpha value is -3.11. The summed E-state index contributed by atoms with van der Waals surface area (Å²) in [5.74, 6) is 1.69. The Labute approximate surface area is 180 Å². The van der Waals surface area contributed by atoms with Crippen LogP contribution in [-0.4, -0.2) is 37.1 Å². The van der Waals surface area contributed by atoms with Crippen molar-refractivity contribution in [1.82, 2.24) is 4.90 Å². The predicted octanol–water partition coefficient (Wildman–Crippen LogP) is 4.31. The van der Waals surface area contributed by atoms with E-state index in [1.165, 1.54) is 11.8 Å². The van der Waals surface area contributed by atoms with Gasteiger partial charge < -0.3 is 14.4 Å². The molecule has 1 amide bonds. The highest BCUT2D eigenvalue weighted by Crippen LogP contribution is 2.44. The molecule has 0 spiro atoms. The third-order valence-electron chi connectivity index (χ3n) is 5.30. The Balaban J connectivity index is 1.66. The maximum Gasteiger partial charge on any atom is 0.229 e. The average Bonchev–Trinajstić information content (AvgIpc) is 2.80. The molecule has 1 saturated heterocycles. The smallest absolute Gasteiger partial charge is 0.229 e. The third-order valence-corrected chi connectivity index (χ3v) is 6.46. The number of methoxy groups -OCH3 is 1. The fourth-order valence-electron chi connectivity index (χ4n) is 3.82. The fourth-order valence-corrected chi connectivity index (χ4v) is 4.99. The molecule has 7 heteroatoms. The average molecular weight is 422 g/mol. The lowest BCUT2D eigenvalue weighted by molar-refractivity contribution is -0.129. The molecule has 1 fully saturated rings. The number of carbonyl (C=O) groups is 1. The van der Waals surface area contributed by atoms with Gasteiger partial charge in [0.2, 0.25) is 5.91 Å². The first-order valence-corrected chi connectivity index (χ1v) is 10.8. The molecule has 0 bridgehead atoms. The number of benzene rings is 2. The molecule has 1 atom stereocenters. The van der Waals surface area contributed by atoms with Crippen LogP contribution in [0.15, 0.2) is 59.1 Å². The third kappa shape index (κ3) is 3.71. The number of hydrogen-bond acceptors (Lipinski definition) is 6. The first-order valence-electron chi connectivity index (χ1n) is 9.84. The number of nitrogens with zero attached hydrogens (tertiary/aromatic N) is 3. The lowest BCUT2D eigenvalue weighted by Crippen LogP contribution is -2.47. The zero-order valence-electron chi connectivity index (χ0n) is 17.0. The van der Waals surface area contributed by atoms with Gasteiger partial charge in [0.15, 0.2) is 11.5 Å². The van der Waals surface area contributed by atoms with E-state index in [2.05, 4.69) is 11.0 Å². The van der Waals surface area contributed by atoms with Gasteiger partial charge in [-0.05, 0) is 36.8 Å². The molecule has 2 aromatic carbocycles. The van der Waals surface area contributed by atoms with Crippen LogP contribution in [0.3, 0.4) is 0 Å². The van der Waals surface area contributed by atoms with Crippen molar-refractivity contribution in [2.24, 2.45) is 0 Å². The van der Waals surface area contributed by atoms with Gasteiger partial charge in [-0.25, -0.2) is 0 Å². The molecule has 4 rings (SSSR count). The van der Waals surface area contributed by atoms with Crippen molar-refractivity contribution in [3.8, 4) is 17.6 Å². The number of carbonyl (C=O) groups excluding carboxylic acids is 1. The zero-order valence-corrected chi connectivity index (χ0v) is 17.8. The van der Waals surface area contributed by atoms with Crippen molar-refractivity contribution in [3.05, 3.63) is 64.7 Å². The second-order valence-electron chi connectivity index (χ2n) is 7.04. The molecule has 2 heterocycles. The Morgan fingerprint density at radius 2 is 2.00 bits per heavy atom. The number of ether oxygens (including phenoxy) is 2. The number of hydrogen-bond donors (Lipinski definition) is 0. The first-order chi connectivity index (χ1) is 14.7. The van der Waals surface area contributed by atoms with Crippen molar-refractivity contribution in [1.29, 1.82) is 5.26 Å². The maximum absolute atomic E-state index is 13.1. The van der Waals surface area contributed by atoms with Crippen LogP contribution in [0.4, 0.5) is 5.69 Å². The molecule has 2 aliphatic heterocycles. The summed E-state index contributed by atoms with van der Waals surface area (Å²) in [5.41, 5.74) is 2.59. The molecule has 2 aliphatic rings. The molecule has 0 aliphatic carbocycles. The molecule has 6 nitrogen and oxygen atoms in total. The summed E-state index contributed by atoms with van der Waals surface area (Å²) in [6, 6.07) is 18.0. The Morgan fingerprint density at radius 1 is 1.20 bits per heavy atom. The van der Waals surface area contributed by atoms with Gasteiger partial charge in [0.25, 0.3) is 0 Å². The topological polar surface area (TPSA) is 65.8 Å². The molecule has 0 unspecified atom stereocenters. The predicted molar refractivity (Wildman–Crippen MR) is 117 cm³/mol. The number of fused-ring (bicyclic) bond motifs is 1. The standard InChI is InChI=1S/C23H23N3O3S/c1-3-29-20-10-9-16(11-21(20)28-2)18-12-22(27)26-14-25(17-7-5-4-6-8-17)15-30-23(26)19(18)13-24/h4-11,18H,3,12,14-15H2,1-2H3/t18-/m1/s1. The monoisotopic (exact) mass is 421 g/mol. The van der Waals surface area contributed by atoms with E-state index in [0.717, 1.165) is 16.3 Å². The Morgan fingerprint density at radius 3 is 2.70 bits per heavy atom. The number of amides is 1. The van der Waals surface area contributed by atoms with E-state index in [1.54, 1.807) is 12.0 Å². The van der Waals surface area contributed by atoms with E-state index < -0.39 is 0 Å². The molecule has 2 aromatic rings. The van der Waals surface area contributed by atoms with Crippen LogP contribution in [0.2, 0.25) is 0 Å². The number of anilines is 1. The lowest BCUT2D eigenvalue weighted by Gasteiger charge is -2.42. The molecule has 0 N–H and O–H groups in total. The van der Waals surface area contributed by atoms with Gasteiger partial charge >= 0.3 is 0 Å². The van der Waals surface area contributed by atoms with Gasteiger partial charge in [0.05, 0.1) is 42.9 Å². The summed E-state index contributed by atoms with van der Waals surface area (Å²) in [6.07, 6.45) is 0.257. The van der Waals surface area contributed by atoms with Crippen LogP contribution >= 0.6 is 11.8 Å². The van der Waals surface area contributed by atoms with E-state index in [9.17, 15) is 10.1 Å². The second-order valence-corrected chi connectivity index (χ2v) is 7.98. The number of para-hydroxylation sites is 1. The van der Waals surface area contributed by atoms with E-state index >= 15 is 0 Å². The van der Waals surface area contributed by atoms with Crippen LogP contribution in [-0.2, 0) is 4.79 Å². The minimum atomic E-state index is -0.283. The minimum absolute atomic E-state index is 0.0231. The first kappa shape index (κ1) is 20.2. The van der Waals surface area contributed by atoms with Crippen LogP contribution in [0.5, 0.6) is 11.5 Å². The number of rotatable bonds is 5. The molecular formula is C23H23N3O3S. The van der Waals surface area contributed by atoms with E-state index in [4.69, 9.17) is 9.47 Å². The molecule has 0 radical (unpaired) electrons. The van der Waals surface area contributed by atoms with Gasteiger partial charge in [0.1, 0.15) is 0 Å². The molecule has 0 saturated carbocycles. The van der Waals surface area contributed by atoms with Gasteiger partial charge in [-0.15, -0.1) is 0 Å². The number of allylic oxidation sites excluding steroid dienone is 1. The number of nitriles is 1. The highest BCUT2D eigenvalue weighted by atomic mass is 32.2. The number of thioether (sulfide) groups is 1. The summed E-state index contributed by atoms with van der Waals surface area (Å²) >= 11 is 1.54. The summed E-state index contributed by atoms with van der Waals surface area (Å²) < 4.78 is 11.1. The minimum Gasteiger partial charge on any atom is -0.493 e. The van der Waals surface area contributed by atoms with Crippen molar-refractivity contribution in [2.45, 2.75) is 19.3 Å². The van der Waals surface area contributed by atoms with Gasteiger partial charge in [-0.2, -0.15) is 5.26 Å². The van der Waals surface area contributed by atoms with Crippen molar-refractivity contribution >= 4 is 23.4 Å². The zero-order chi connectivity index (χ0) is 21.1.